The molecule has 0 spiro atoms. The molecule has 0 bridgehead atoms. The fourth-order valence-corrected chi connectivity index (χ4v) is 3.71. The molecule has 31 heavy (non-hydrogen) atoms. The molecule has 6 nitrogen and oxygen atoms in total. The molecule has 11 heteroatoms. The first-order chi connectivity index (χ1) is 14.7. The topological polar surface area (TPSA) is 77.3 Å². The summed E-state index contributed by atoms with van der Waals surface area (Å²) in [5.74, 6) is -0.658. The number of alkyl halides is 3. The van der Waals surface area contributed by atoms with Gasteiger partial charge < -0.3 is 9.26 Å². The van der Waals surface area contributed by atoms with Gasteiger partial charge in [0.25, 0.3) is 5.91 Å². The number of rotatable bonds is 5. The minimum atomic E-state index is -4.44. The number of aromatic nitrogens is 2. The number of thiazole rings is 1. The number of ether oxygens (including phenoxy) is 1. The molecule has 160 valence electrons. The fraction of sp³-hybridized carbons (Fsp3) is 0.150. The molecule has 4 rings (SSSR count). The number of hydrogen-bond donors (Lipinski definition) is 1. The Morgan fingerprint density at radius 3 is 2.65 bits per heavy atom. The van der Waals surface area contributed by atoms with Gasteiger partial charge in [0.1, 0.15) is 28.6 Å². The van der Waals surface area contributed by atoms with Gasteiger partial charge in [-0.2, -0.15) is 13.2 Å². The Labute approximate surface area is 176 Å². The number of halogens is 4. The third-order valence-electron chi connectivity index (χ3n) is 4.19. The first-order valence-electron chi connectivity index (χ1n) is 8.83. The molecule has 0 radical (unpaired) electrons. The van der Waals surface area contributed by atoms with E-state index in [9.17, 15) is 22.4 Å². The summed E-state index contributed by atoms with van der Waals surface area (Å²) in [5.41, 5.74) is 1.40. The van der Waals surface area contributed by atoms with E-state index in [2.05, 4.69) is 15.5 Å². The lowest BCUT2D eigenvalue weighted by atomic mass is 10.1. The number of nitrogens with one attached hydrogen (secondary N) is 1. The summed E-state index contributed by atoms with van der Waals surface area (Å²) < 4.78 is 60.6. The molecule has 2 heterocycles. The molecule has 4 aromatic rings. The first-order valence-corrected chi connectivity index (χ1v) is 9.65. The maximum Gasteiger partial charge on any atom is 0.422 e. The highest BCUT2D eigenvalue weighted by Crippen LogP contribution is 2.31. The van der Waals surface area contributed by atoms with Gasteiger partial charge in [0.05, 0.1) is 10.2 Å². The van der Waals surface area contributed by atoms with Gasteiger partial charge in [0.15, 0.2) is 11.7 Å². The van der Waals surface area contributed by atoms with Crippen LogP contribution in [0.1, 0.15) is 16.1 Å². The Kier molecular flexibility index (Phi) is 5.36. The van der Waals surface area contributed by atoms with Crippen LogP contribution in [0, 0.1) is 12.7 Å². The lowest BCUT2D eigenvalue weighted by molar-refractivity contribution is -0.153. The third kappa shape index (κ3) is 4.66. The minimum Gasteiger partial charge on any atom is -0.484 e. The highest BCUT2D eigenvalue weighted by molar-refractivity contribution is 7.22. The quantitative estimate of drug-likeness (QED) is 0.400. The highest BCUT2D eigenvalue weighted by atomic mass is 32.1. The van der Waals surface area contributed by atoms with E-state index in [1.807, 2.05) is 0 Å². The molecule has 0 aliphatic carbocycles. The van der Waals surface area contributed by atoms with Crippen molar-refractivity contribution in [2.45, 2.75) is 13.1 Å². The van der Waals surface area contributed by atoms with E-state index in [-0.39, 0.29) is 27.9 Å². The Balaban J connectivity index is 1.56. The molecule has 0 aliphatic heterocycles. The van der Waals surface area contributed by atoms with Crippen LogP contribution in [0.25, 0.3) is 21.5 Å². The minimum absolute atomic E-state index is 0.0415. The molecule has 0 saturated carbocycles. The number of nitrogens with zero attached hydrogens (tertiary/aromatic N) is 2. The standard InChI is InChI=1S/C20H13F4N3O3S/c1-10-16(17(27-30-10)11-2-4-12(21)5-3-11)18(28)26-19-25-14-7-6-13(8-15(14)31-19)29-9-20(22,23)24/h2-8H,9H2,1H3,(H,25,26,28). The zero-order valence-corrected chi connectivity index (χ0v) is 16.6. The summed E-state index contributed by atoms with van der Waals surface area (Å²) in [4.78, 5) is 17.1. The number of fused-ring (bicyclic) bond motifs is 1. The maximum atomic E-state index is 13.2. The van der Waals surface area contributed by atoms with Crippen molar-refractivity contribution in [3.8, 4) is 17.0 Å². The Morgan fingerprint density at radius 1 is 1.19 bits per heavy atom. The van der Waals surface area contributed by atoms with Crippen molar-refractivity contribution in [3.63, 3.8) is 0 Å². The van der Waals surface area contributed by atoms with E-state index in [0.29, 0.717) is 15.8 Å². The second-order valence-electron chi connectivity index (χ2n) is 6.48. The van der Waals surface area contributed by atoms with Crippen LogP contribution in [0.5, 0.6) is 5.75 Å². The molecular formula is C20H13F4N3O3S. The van der Waals surface area contributed by atoms with Crippen molar-refractivity contribution in [2.24, 2.45) is 0 Å². The molecule has 0 unspecified atom stereocenters. The maximum absolute atomic E-state index is 13.2. The SMILES string of the molecule is Cc1onc(-c2ccc(F)cc2)c1C(=O)Nc1nc2ccc(OCC(F)(F)F)cc2s1. The van der Waals surface area contributed by atoms with Crippen molar-refractivity contribution in [1.29, 1.82) is 0 Å². The van der Waals surface area contributed by atoms with Crippen LogP contribution >= 0.6 is 11.3 Å². The molecule has 0 atom stereocenters. The summed E-state index contributed by atoms with van der Waals surface area (Å²) in [6, 6.07) is 9.73. The van der Waals surface area contributed by atoms with E-state index in [0.717, 1.165) is 11.3 Å². The average Bonchev–Trinajstić information content (AvgIpc) is 3.28. The van der Waals surface area contributed by atoms with Crippen LogP contribution in [-0.2, 0) is 0 Å². The van der Waals surface area contributed by atoms with Gasteiger partial charge in [0.2, 0.25) is 0 Å². The van der Waals surface area contributed by atoms with Gasteiger partial charge in [-0.3, -0.25) is 10.1 Å². The Morgan fingerprint density at radius 2 is 1.94 bits per heavy atom. The number of carbonyl (C=O) groups is 1. The molecule has 2 aromatic heterocycles. The van der Waals surface area contributed by atoms with Crippen LogP contribution in [0.3, 0.4) is 0 Å². The summed E-state index contributed by atoms with van der Waals surface area (Å²) in [5, 5.41) is 6.77. The monoisotopic (exact) mass is 451 g/mol. The molecule has 0 saturated heterocycles. The fourth-order valence-electron chi connectivity index (χ4n) is 2.82. The van der Waals surface area contributed by atoms with Crippen LogP contribution in [0.15, 0.2) is 47.0 Å². The number of amides is 1. The number of anilines is 1. The zero-order valence-electron chi connectivity index (χ0n) is 15.8. The van der Waals surface area contributed by atoms with Crippen molar-refractivity contribution in [3.05, 3.63) is 59.6 Å². The van der Waals surface area contributed by atoms with Crippen molar-refractivity contribution >= 4 is 32.6 Å². The van der Waals surface area contributed by atoms with E-state index in [4.69, 9.17) is 9.26 Å². The lowest BCUT2D eigenvalue weighted by Crippen LogP contribution is -2.19. The molecule has 1 N–H and O–H groups in total. The predicted molar refractivity (Wildman–Crippen MR) is 106 cm³/mol. The number of benzene rings is 2. The summed E-state index contributed by atoms with van der Waals surface area (Å²) >= 11 is 1.07. The van der Waals surface area contributed by atoms with E-state index in [1.165, 1.54) is 42.5 Å². The summed E-state index contributed by atoms with van der Waals surface area (Å²) in [7, 11) is 0. The molecule has 0 aliphatic rings. The first kappa shape index (κ1) is 20.8. The van der Waals surface area contributed by atoms with Crippen LogP contribution < -0.4 is 10.1 Å². The predicted octanol–water partition coefficient (Wildman–Crippen LogP) is 5.59. The van der Waals surface area contributed by atoms with Crippen LogP contribution in [-0.4, -0.2) is 28.8 Å². The van der Waals surface area contributed by atoms with Gasteiger partial charge in [-0.1, -0.05) is 16.5 Å². The molecule has 1 amide bonds. The normalized spacial score (nSPS) is 11.6. The van der Waals surface area contributed by atoms with Gasteiger partial charge in [-0.15, -0.1) is 0 Å². The van der Waals surface area contributed by atoms with Crippen LogP contribution in [0.4, 0.5) is 22.7 Å². The second-order valence-corrected chi connectivity index (χ2v) is 7.51. The summed E-state index contributed by atoms with van der Waals surface area (Å²) in [6.07, 6.45) is -4.44. The average molecular weight is 451 g/mol. The molecule has 2 aromatic carbocycles. The second kappa shape index (κ2) is 7.99. The van der Waals surface area contributed by atoms with E-state index < -0.39 is 24.5 Å². The number of hydrogen-bond acceptors (Lipinski definition) is 6. The van der Waals surface area contributed by atoms with Gasteiger partial charge in [-0.25, -0.2) is 9.37 Å². The molecular weight excluding hydrogens is 438 g/mol. The summed E-state index contributed by atoms with van der Waals surface area (Å²) in [6.45, 7) is 0.164. The smallest absolute Gasteiger partial charge is 0.422 e. The number of aryl methyl sites for hydroxylation is 1. The van der Waals surface area contributed by atoms with Gasteiger partial charge in [-0.05, 0) is 49.4 Å². The van der Waals surface area contributed by atoms with Gasteiger partial charge in [0, 0.05) is 5.56 Å². The lowest BCUT2D eigenvalue weighted by Gasteiger charge is -2.08. The van der Waals surface area contributed by atoms with Crippen molar-refractivity contribution in [1.82, 2.24) is 10.1 Å². The van der Waals surface area contributed by atoms with Gasteiger partial charge >= 0.3 is 6.18 Å². The van der Waals surface area contributed by atoms with Crippen molar-refractivity contribution < 1.29 is 31.6 Å². The number of carbonyl (C=O) groups excluding carboxylic acids is 1. The zero-order chi connectivity index (χ0) is 22.2. The van der Waals surface area contributed by atoms with E-state index in [1.54, 1.807) is 6.92 Å². The Hall–Kier alpha value is -3.47. The van der Waals surface area contributed by atoms with Crippen LogP contribution in [0.2, 0.25) is 0 Å². The highest BCUT2D eigenvalue weighted by Gasteiger charge is 2.28. The Bertz CT molecular complexity index is 1250. The van der Waals surface area contributed by atoms with Crippen molar-refractivity contribution in [2.75, 3.05) is 11.9 Å². The largest absolute Gasteiger partial charge is 0.484 e. The third-order valence-corrected chi connectivity index (χ3v) is 5.12. The molecule has 0 fully saturated rings. The van der Waals surface area contributed by atoms with E-state index >= 15 is 0 Å².